The second-order valence-corrected chi connectivity index (χ2v) is 4.62. The third kappa shape index (κ3) is 3.11. The maximum atomic E-state index is 11.9. The number of carbonyl (C=O) groups excluding carboxylic acids is 2. The van der Waals surface area contributed by atoms with Gasteiger partial charge in [-0.05, 0) is 41.8 Å². The molecule has 0 amide bonds. The van der Waals surface area contributed by atoms with Gasteiger partial charge < -0.3 is 9.47 Å². The van der Waals surface area contributed by atoms with E-state index in [2.05, 4.69) is 0 Å². The molecule has 0 aliphatic carbocycles. The van der Waals surface area contributed by atoms with Crippen molar-refractivity contribution in [3.05, 3.63) is 59.2 Å². The number of carbonyl (C=O) groups is 2. The molecule has 2 rings (SSSR count). The minimum atomic E-state index is -0.410. The van der Waals surface area contributed by atoms with Crippen molar-refractivity contribution in [3.63, 3.8) is 0 Å². The van der Waals surface area contributed by atoms with Gasteiger partial charge >= 0.3 is 11.9 Å². The summed E-state index contributed by atoms with van der Waals surface area (Å²) in [5.74, 6) is -0.817. The molecule has 0 saturated carbocycles. The molecule has 108 valence electrons. The van der Waals surface area contributed by atoms with Gasteiger partial charge in [-0.3, -0.25) is 0 Å². The second-order valence-electron chi connectivity index (χ2n) is 4.62. The third-order valence-electron chi connectivity index (χ3n) is 3.14. The minimum Gasteiger partial charge on any atom is -0.465 e. The molecule has 0 radical (unpaired) electrons. The van der Waals surface area contributed by atoms with Gasteiger partial charge in [0, 0.05) is 0 Å². The van der Waals surface area contributed by atoms with Crippen LogP contribution < -0.4 is 0 Å². The molecule has 4 heteroatoms. The van der Waals surface area contributed by atoms with Crippen molar-refractivity contribution in [2.24, 2.45) is 0 Å². The van der Waals surface area contributed by atoms with Crippen molar-refractivity contribution in [2.45, 2.75) is 6.92 Å². The lowest BCUT2D eigenvalue weighted by atomic mass is 9.96. The van der Waals surface area contributed by atoms with E-state index in [1.54, 1.807) is 24.3 Å². The van der Waals surface area contributed by atoms with Crippen LogP contribution in [0.2, 0.25) is 0 Å². The van der Waals surface area contributed by atoms with Gasteiger partial charge in [-0.2, -0.15) is 0 Å². The van der Waals surface area contributed by atoms with Gasteiger partial charge in [0.15, 0.2) is 0 Å². The van der Waals surface area contributed by atoms with Crippen molar-refractivity contribution in [1.82, 2.24) is 0 Å². The van der Waals surface area contributed by atoms with Gasteiger partial charge in [0.25, 0.3) is 0 Å². The van der Waals surface area contributed by atoms with Crippen LogP contribution in [0.15, 0.2) is 42.5 Å². The average Bonchev–Trinajstić information content (AvgIpc) is 2.52. The van der Waals surface area contributed by atoms with E-state index in [0.29, 0.717) is 11.1 Å². The van der Waals surface area contributed by atoms with Crippen LogP contribution in [-0.2, 0) is 9.47 Å². The van der Waals surface area contributed by atoms with E-state index in [1.807, 2.05) is 25.1 Å². The highest BCUT2D eigenvalue weighted by Gasteiger charge is 2.15. The predicted molar refractivity (Wildman–Crippen MR) is 79.3 cm³/mol. The summed E-state index contributed by atoms with van der Waals surface area (Å²) >= 11 is 0. The lowest BCUT2D eigenvalue weighted by molar-refractivity contribution is 0.0593. The Labute approximate surface area is 123 Å². The molecule has 0 fully saturated rings. The van der Waals surface area contributed by atoms with Crippen molar-refractivity contribution in [3.8, 4) is 11.1 Å². The van der Waals surface area contributed by atoms with Crippen molar-refractivity contribution < 1.29 is 19.1 Å². The molecule has 0 aromatic heterocycles. The smallest absolute Gasteiger partial charge is 0.338 e. The van der Waals surface area contributed by atoms with Crippen LogP contribution in [0.1, 0.15) is 26.3 Å². The Balaban J connectivity index is 2.60. The molecule has 2 aromatic rings. The topological polar surface area (TPSA) is 52.6 Å². The van der Waals surface area contributed by atoms with Crippen molar-refractivity contribution in [1.29, 1.82) is 0 Å². The Morgan fingerprint density at radius 1 is 0.905 bits per heavy atom. The monoisotopic (exact) mass is 284 g/mol. The predicted octanol–water partition coefficient (Wildman–Crippen LogP) is 3.24. The van der Waals surface area contributed by atoms with Crippen LogP contribution in [0, 0.1) is 6.92 Å². The molecule has 21 heavy (non-hydrogen) atoms. The summed E-state index contributed by atoms with van der Waals surface area (Å²) in [4.78, 5) is 23.6. The first kappa shape index (κ1) is 14.8. The Morgan fingerprint density at radius 2 is 1.57 bits per heavy atom. The number of hydrogen-bond acceptors (Lipinski definition) is 4. The second kappa shape index (κ2) is 6.22. The molecule has 0 N–H and O–H groups in total. The molecule has 4 nitrogen and oxygen atoms in total. The number of esters is 2. The molecule has 2 aromatic carbocycles. The maximum Gasteiger partial charge on any atom is 0.338 e. The van der Waals surface area contributed by atoms with Crippen molar-refractivity contribution in [2.75, 3.05) is 14.2 Å². The molecule has 0 aliphatic rings. The van der Waals surface area contributed by atoms with E-state index in [-0.39, 0.29) is 0 Å². The largest absolute Gasteiger partial charge is 0.465 e. The van der Waals surface area contributed by atoms with Gasteiger partial charge in [-0.15, -0.1) is 0 Å². The lowest BCUT2D eigenvalue weighted by Gasteiger charge is -2.10. The fourth-order valence-electron chi connectivity index (χ4n) is 2.20. The Kier molecular flexibility index (Phi) is 4.38. The zero-order valence-electron chi connectivity index (χ0n) is 12.2. The molecule has 0 aliphatic heterocycles. The van der Waals surface area contributed by atoms with E-state index < -0.39 is 11.9 Å². The molecular weight excluding hydrogens is 268 g/mol. The molecule has 0 atom stereocenters. The van der Waals surface area contributed by atoms with Gasteiger partial charge in [0.1, 0.15) is 0 Å². The third-order valence-corrected chi connectivity index (χ3v) is 3.14. The van der Waals surface area contributed by atoms with Gasteiger partial charge in [0.05, 0.1) is 25.3 Å². The number of ether oxygens (including phenoxy) is 2. The van der Waals surface area contributed by atoms with Gasteiger partial charge in [-0.1, -0.05) is 24.3 Å². The zero-order chi connectivity index (χ0) is 15.4. The van der Waals surface area contributed by atoms with E-state index in [9.17, 15) is 9.59 Å². The Morgan fingerprint density at radius 3 is 2.24 bits per heavy atom. The zero-order valence-corrected chi connectivity index (χ0v) is 12.2. The van der Waals surface area contributed by atoms with E-state index in [4.69, 9.17) is 9.47 Å². The molecule has 0 unspecified atom stereocenters. The summed E-state index contributed by atoms with van der Waals surface area (Å²) in [5.41, 5.74) is 3.32. The van der Waals surface area contributed by atoms with E-state index >= 15 is 0 Å². The van der Waals surface area contributed by atoms with Gasteiger partial charge in [0.2, 0.25) is 0 Å². The summed E-state index contributed by atoms with van der Waals surface area (Å²) in [5, 5.41) is 0. The summed E-state index contributed by atoms with van der Waals surface area (Å²) in [6, 6.07) is 12.5. The van der Waals surface area contributed by atoms with Crippen LogP contribution in [0.4, 0.5) is 0 Å². The summed E-state index contributed by atoms with van der Waals surface area (Å²) in [6.45, 7) is 1.89. The number of aryl methyl sites for hydroxylation is 1. The van der Waals surface area contributed by atoms with Crippen molar-refractivity contribution >= 4 is 11.9 Å². The number of methoxy groups -OCH3 is 2. The Bertz CT molecular complexity index is 689. The van der Waals surface area contributed by atoms with Crippen LogP contribution in [0.5, 0.6) is 0 Å². The minimum absolute atomic E-state index is 0.407. The summed E-state index contributed by atoms with van der Waals surface area (Å²) in [6.07, 6.45) is 0. The Hall–Kier alpha value is -2.62. The van der Waals surface area contributed by atoms with Crippen LogP contribution in [0.3, 0.4) is 0 Å². The first-order valence-electron chi connectivity index (χ1n) is 6.44. The van der Waals surface area contributed by atoms with Crippen LogP contribution in [-0.4, -0.2) is 26.2 Å². The summed E-state index contributed by atoms with van der Waals surface area (Å²) < 4.78 is 9.55. The normalized spacial score (nSPS) is 10.0. The SMILES string of the molecule is COC(=O)c1cc(C)cc(-c2ccccc2C(=O)OC)c1. The van der Waals surface area contributed by atoms with Crippen LogP contribution in [0.25, 0.3) is 11.1 Å². The van der Waals surface area contributed by atoms with E-state index in [1.165, 1.54) is 14.2 Å². The standard InChI is InChI=1S/C17H16O4/c1-11-8-12(10-13(9-11)16(18)20-2)14-6-4-5-7-15(14)17(19)21-3/h4-10H,1-3H3. The fourth-order valence-corrected chi connectivity index (χ4v) is 2.20. The quantitative estimate of drug-likeness (QED) is 0.812. The highest BCUT2D eigenvalue weighted by Crippen LogP contribution is 2.26. The molecule has 0 saturated heterocycles. The highest BCUT2D eigenvalue weighted by atomic mass is 16.5. The molecular formula is C17H16O4. The van der Waals surface area contributed by atoms with Gasteiger partial charge in [-0.25, -0.2) is 9.59 Å². The average molecular weight is 284 g/mol. The van der Waals surface area contributed by atoms with Crippen LogP contribution >= 0.6 is 0 Å². The van der Waals surface area contributed by atoms with E-state index in [0.717, 1.165) is 16.7 Å². The number of hydrogen-bond donors (Lipinski definition) is 0. The lowest BCUT2D eigenvalue weighted by Crippen LogP contribution is -2.05. The number of benzene rings is 2. The number of rotatable bonds is 3. The maximum absolute atomic E-state index is 11.9. The molecule has 0 bridgehead atoms. The first-order valence-corrected chi connectivity index (χ1v) is 6.44. The first-order chi connectivity index (χ1) is 10.1. The summed E-state index contributed by atoms with van der Waals surface area (Å²) in [7, 11) is 2.68. The highest BCUT2D eigenvalue weighted by molar-refractivity contribution is 5.98. The fraction of sp³-hybridized carbons (Fsp3) is 0.176. The molecule has 0 heterocycles. The molecule has 0 spiro atoms.